The summed E-state index contributed by atoms with van der Waals surface area (Å²) in [5.74, 6) is 0.280. The molecule has 7 heteroatoms. The van der Waals surface area contributed by atoms with E-state index in [1.165, 1.54) is 5.39 Å². The number of nitrogens with two attached hydrogens (primary N) is 1. The molecule has 3 N–H and O–H groups in total. The standard InChI is InChI=1S/C24H27N3O2.2ClH/c1-4-29-20-15-24(25,23(20,2)3)22(28)27-21-11-7-10-19(26-21)18-13-12-16-8-5-6-9-17(16)14-18;;/h5-14,20H,4,15,25H2,1-3H3,(H,26,27,28);2*1H. The van der Waals surface area contributed by atoms with Gasteiger partial charge in [-0.05, 0) is 35.9 Å². The van der Waals surface area contributed by atoms with Crippen LogP contribution in [0.15, 0.2) is 60.7 Å². The minimum Gasteiger partial charge on any atom is -0.378 e. The molecule has 0 radical (unpaired) electrons. The fourth-order valence-electron chi connectivity index (χ4n) is 4.06. The summed E-state index contributed by atoms with van der Waals surface area (Å²) in [7, 11) is 0. The third kappa shape index (κ3) is 4.41. The fourth-order valence-corrected chi connectivity index (χ4v) is 4.06. The lowest BCUT2D eigenvalue weighted by Gasteiger charge is -2.57. The van der Waals surface area contributed by atoms with Gasteiger partial charge in [0.15, 0.2) is 0 Å². The number of nitrogens with one attached hydrogen (secondary N) is 1. The number of halogens is 2. The van der Waals surface area contributed by atoms with E-state index in [9.17, 15) is 4.79 Å². The summed E-state index contributed by atoms with van der Waals surface area (Å²) in [4.78, 5) is 17.6. The van der Waals surface area contributed by atoms with Crippen LogP contribution in [0.25, 0.3) is 22.0 Å². The summed E-state index contributed by atoms with van der Waals surface area (Å²) in [6.07, 6.45) is 0.490. The second kappa shape index (κ2) is 9.53. The summed E-state index contributed by atoms with van der Waals surface area (Å²) in [6.45, 7) is 6.53. The molecule has 1 aliphatic carbocycles. The van der Waals surface area contributed by atoms with Crippen LogP contribution in [0.2, 0.25) is 0 Å². The number of hydrogen-bond acceptors (Lipinski definition) is 4. The van der Waals surface area contributed by atoms with Gasteiger partial charge in [0.25, 0.3) is 0 Å². The van der Waals surface area contributed by atoms with Crippen LogP contribution in [-0.4, -0.2) is 29.1 Å². The lowest BCUT2D eigenvalue weighted by Crippen LogP contribution is -2.74. The number of amides is 1. The highest BCUT2D eigenvalue weighted by Crippen LogP contribution is 2.50. The summed E-state index contributed by atoms with van der Waals surface area (Å²) in [6, 6.07) is 20.1. The van der Waals surface area contributed by atoms with E-state index in [0.717, 1.165) is 16.6 Å². The van der Waals surface area contributed by atoms with Crippen LogP contribution in [0.4, 0.5) is 5.82 Å². The lowest BCUT2D eigenvalue weighted by molar-refractivity contribution is -0.166. The van der Waals surface area contributed by atoms with Crippen molar-refractivity contribution >= 4 is 47.3 Å². The molecule has 166 valence electrons. The van der Waals surface area contributed by atoms with E-state index >= 15 is 0 Å². The Morgan fingerprint density at radius 2 is 1.81 bits per heavy atom. The summed E-state index contributed by atoms with van der Waals surface area (Å²) in [5.41, 5.74) is 6.87. The van der Waals surface area contributed by atoms with Crippen LogP contribution in [-0.2, 0) is 9.53 Å². The topological polar surface area (TPSA) is 77.2 Å². The first-order valence-corrected chi connectivity index (χ1v) is 10.0. The van der Waals surface area contributed by atoms with Crippen LogP contribution in [0, 0.1) is 5.41 Å². The van der Waals surface area contributed by atoms with E-state index in [2.05, 4.69) is 34.6 Å². The summed E-state index contributed by atoms with van der Waals surface area (Å²) < 4.78 is 5.73. The highest BCUT2D eigenvalue weighted by molar-refractivity contribution is 5.99. The average Bonchev–Trinajstić information content (AvgIpc) is 2.73. The first kappa shape index (κ1) is 25.1. The number of carbonyl (C=O) groups excluding carboxylic acids is 1. The number of hydrogen-bond donors (Lipinski definition) is 2. The Morgan fingerprint density at radius 1 is 1.10 bits per heavy atom. The largest absolute Gasteiger partial charge is 0.378 e. The number of pyridine rings is 1. The van der Waals surface area contributed by atoms with Crippen LogP contribution in [0.1, 0.15) is 27.2 Å². The third-order valence-electron chi connectivity index (χ3n) is 6.27. The van der Waals surface area contributed by atoms with Crippen LogP contribution in [0.5, 0.6) is 0 Å². The smallest absolute Gasteiger partial charge is 0.246 e. The highest BCUT2D eigenvalue weighted by atomic mass is 35.5. The first-order chi connectivity index (χ1) is 13.8. The number of rotatable bonds is 5. The molecule has 2 unspecified atom stereocenters. The minimum absolute atomic E-state index is 0. The van der Waals surface area contributed by atoms with Gasteiger partial charge in [0.1, 0.15) is 11.4 Å². The monoisotopic (exact) mass is 461 g/mol. The van der Waals surface area contributed by atoms with E-state index in [1.54, 1.807) is 6.07 Å². The van der Waals surface area contributed by atoms with E-state index in [4.69, 9.17) is 10.5 Å². The zero-order chi connectivity index (χ0) is 20.6. The predicted octanol–water partition coefficient (Wildman–Crippen LogP) is 5.22. The van der Waals surface area contributed by atoms with E-state index in [-0.39, 0.29) is 36.8 Å². The maximum atomic E-state index is 13.0. The van der Waals surface area contributed by atoms with Crippen molar-refractivity contribution in [1.29, 1.82) is 0 Å². The van der Waals surface area contributed by atoms with Crippen molar-refractivity contribution in [3.8, 4) is 11.3 Å². The SMILES string of the molecule is CCOC1CC(N)(C(=O)Nc2cccc(-c3ccc4ccccc4c3)n2)C1(C)C.Cl.Cl. The number of anilines is 1. The molecule has 1 amide bonds. The molecule has 1 fully saturated rings. The van der Waals surface area contributed by atoms with Crippen molar-refractivity contribution in [3.63, 3.8) is 0 Å². The molecule has 5 nitrogen and oxygen atoms in total. The molecule has 0 spiro atoms. The zero-order valence-corrected chi connectivity index (χ0v) is 19.6. The van der Waals surface area contributed by atoms with E-state index in [1.807, 2.05) is 51.1 Å². The number of carbonyl (C=O) groups is 1. The van der Waals surface area contributed by atoms with Crippen LogP contribution >= 0.6 is 24.8 Å². The normalized spacial score (nSPS) is 21.4. The van der Waals surface area contributed by atoms with Gasteiger partial charge in [0.2, 0.25) is 5.91 Å². The molecule has 1 aliphatic rings. The number of fused-ring (bicyclic) bond motifs is 1. The second-order valence-electron chi connectivity index (χ2n) is 8.27. The highest BCUT2D eigenvalue weighted by Gasteiger charge is 2.62. The van der Waals surface area contributed by atoms with E-state index in [0.29, 0.717) is 18.8 Å². The number of benzene rings is 2. The Morgan fingerprint density at radius 3 is 2.48 bits per heavy atom. The molecule has 1 heterocycles. The second-order valence-corrected chi connectivity index (χ2v) is 8.27. The first-order valence-electron chi connectivity index (χ1n) is 10.0. The molecule has 1 aromatic heterocycles. The van der Waals surface area contributed by atoms with Gasteiger partial charge in [0, 0.05) is 24.0 Å². The molecule has 3 aromatic rings. The minimum atomic E-state index is -0.979. The molecule has 4 rings (SSSR count). The molecule has 2 atom stereocenters. The average molecular weight is 462 g/mol. The predicted molar refractivity (Wildman–Crippen MR) is 131 cm³/mol. The molecule has 0 saturated heterocycles. The van der Waals surface area contributed by atoms with Gasteiger partial charge in [-0.1, -0.05) is 56.3 Å². The third-order valence-corrected chi connectivity index (χ3v) is 6.27. The molecule has 0 aliphatic heterocycles. The fraction of sp³-hybridized carbons (Fsp3) is 0.333. The molecule has 31 heavy (non-hydrogen) atoms. The van der Waals surface area contributed by atoms with E-state index < -0.39 is 11.0 Å². The number of nitrogens with zero attached hydrogens (tertiary/aromatic N) is 1. The lowest BCUT2D eigenvalue weighted by atomic mass is 9.54. The van der Waals surface area contributed by atoms with Crippen LogP contribution in [0.3, 0.4) is 0 Å². The summed E-state index contributed by atoms with van der Waals surface area (Å²) in [5, 5.41) is 5.25. The summed E-state index contributed by atoms with van der Waals surface area (Å²) >= 11 is 0. The van der Waals surface area contributed by atoms with Gasteiger partial charge >= 0.3 is 0 Å². The Hall–Kier alpha value is -2.18. The molecule has 1 saturated carbocycles. The number of aromatic nitrogens is 1. The van der Waals surface area contributed by atoms with Crippen molar-refractivity contribution in [2.24, 2.45) is 11.1 Å². The number of ether oxygens (including phenoxy) is 1. The Labute approximate surface area is 195 Å². The Kier molecular flexibility index (Phi) is 7.71. The molecular weight excluding hydrogens is 433 g/mol. The van der Waals surface area contributed by atoms with Crippen LogP contribution < -0.4 is 11.1 Å². The van der Waals surface area contributed by atoms with Crippen molar-refractivity contribution in [3.05, 3.63) is 60.7 Å². The maximum Gasteiger partial charge on any atom is 0.246 e. The Bertz CT molecular complexity index is 1070. The van der Waals surface area contributed by atoms with Crippen molar-refractivity contribution < 1.29 is 9.53 Å². The van der Waals surface area contributed by atoms with Gasteiger partial charge in [-0.25, -0.2) is 4.98 Å². The van der Waals surface area contributed by atoms with Gasteiger partial charge < -0.3 is 15.8 Å². The van der Waals surface area contributed by atoms with Crippen molar-refractivity contribution in [2.75, 3.05) is 11.9 Å². The Balaban J connectivity index is 0.00000171. The van der Waals surface area contributed by atoms with Gasteiger partial charge in [-0.15, -0.1) is 24.8 Å². The molecule has 2 aromatic carbocycles. The van der Waals surface area contributed by atoms with Gasteiger partial charge in [0.05, 0.1) is 11.8 Å². The molecular formula is C24H29Cl2N3O2. The maximum absolute atomic E-state index is 13.0. The quantitative estimate of drug-likeness (QED) is 0.545. The van der Waals surface area contributed by atoms with Crippen molar-refractivity contribution in [1.82, 2.24) is 4.98 Å². The van der Waals surface area contributed by atoms with Gasteiger partial charge in [-0.2, -0.15) is 0 Å². The van der Waals surface area contributed by atoms with Crippen molar-refractivity contribution in [2.45, 2.75) is 38.8 Å². The zero-order valence-electron chi connectivity index (χ0n) is 17.9. The van der Waals surface area contributed by atoms with Gasteiger partial charge in [-0.3, -0.25) is 4.79 Å². The molecule has 0 bridgehead atoms.